The van der Waals surface area contributed by atoms with E-state index in [0.29, 0.717) is 41.5 Å². The van der Waals surface area contributed by atoms with Gasteiger partial charge in [-0.3, -0.25) is 4.79 Å². The van der Waals surface area contributed by atoms with Crippen LogP contribution in [0.2, 0.25) is 0 Å². The number of fused-ring (bicyclic) bond motifs is 1. The van der Waals surface area contributed by atoms with Crippen LogP contribution in [0, 0.1) is 0 Å². The van der Waals surface area contributed by atoms with Crippen LogP contribution in [0.5, 0.6) is 5.75 Å². The summed E-state index contributed by atoms with van der Waals surface area (Å²) < 4.78 is 20.0. The van der Waals surface area contributed by atoms with Gasteiger partial charge in [-0.05, 0) is 69.1 Å². The van der Waals surface area contributed by atoms with E-state index in [9.17, 15) is 4.79 Å². The summed E-state index contributed by atoms with van der Waals surface area (Å²) in [6.07, 6.45) is 8.63. The fraction of sp³-hybridized carbons (Fsp3) is 0.500. The van der Waals surface area contributed by atoms with E-state index in [1.165, 1.54) is 25.7 Å². The van der Waals surface area contributed by atoms with Gasteiger partial charge in [0, 0.05) is 23.9 Å². The first kappa shape index (κ1) is 24.5. The van der Waals surface area contributed by atoms with Crippen molar-refractivity contribution in [2.45, 2.75) is 72.1 Å². The summed E-state index contributed by atoms with van der Waals surface area (Å²) in [6.45, 7) is 10.7. The summed E-state index contributed by atoms with van der Waals surface area (Å²) in [5.41, 5.74) is 1.87. The molecule has 0 unspecified atom stereocenters. The van der Waals surface area contributed by atoms with Crippen LogP contribution in [-0.4, -0.2) is 36.9 Å². The van der Waals surface area contributed by atoms with Crippen LogP contribution in [0.3, 0.4) is 0 Å². The van der Waals surface area contributed by atoms with E-state index in [0.717, 1.165) is 50.0 Å². The van der Waals surface area contributed by atoms with Crippen LogP contribution in [0.15, 0.2) is 52.9 Å². The molecule has 0 amide bonds. The third kappa shape index (κ3) is 7.20. The number of unbranched alkanes of at least 4 members (excludes halogenated alkanes) is 3. The Bertz CT molecular complexity index is 1050. The number of carbonyl (C=O) groups excluding carboxylic acids is 1. The van der Waals surface area contributed by atoms with Crippen molar-refractivity contribution >= 4 is 16.8 Å². The van der Waals surface area contributed by atoms with E-state index in [2.05, 4.69) is 25.7 Å². The maximum Gasteiger partial charge on any atom is 0.197 e. The Morgan fingerprint density at radius 3 is 2.26 bits per heavy atom. The third-order valence-electron chi connectivity index (χ3n) is 6.25. The van der Waals surface area contributed by atoms with Crippen molar-refractivity contribution in [1.29, 1.82) is 0 Å². The fourth-order valence-electron chi connectivity index (χ4n) is 4.22. The molecule has 4 nitrogen and oxygen atoms in total. The van der Waals surface area contributed by atoms with Gasteiger partial charge >= 0.3 is 0 Å². The van der Waals surface area contributed by atoms with E-state index >= 15 is 0 Å². The molecule has 2 aromatic carbocycles. The zero-order valence-electron chi connectivity index (χ0n) is 22.2. The quantitative estimate of drug-likeness (QED) is 0.161. The van der Waals surface area contributed by atoms with Gasteiger partial charge in [-0.1, -0.05) is 58.2 Å². The van der Waals surface area contributed by atoms with Crippen molar-refractivity contribution in [2.24, 2.45) is 0 Å². The van der Waals surface area contributed by atoms with E-state index in [4.69, 9.17) is 10.5 Å². The number of para-hydroxylation sites is 1. The highest BCUT2D eigenvalue weighted by Gasteiger charge is 2.21. The molecule has 0 aliphatic carbocycles. The van der Waals surface area contributed by atoms with Gasteiger partial charge in [-0.15, -0.1) is 0 Å². The molecular weight excluding hydrogens is 422 g/mol. The van der Waals surface area contributed by atoms with Crippen LogP contribution in [0.4, 0.5) is 0 Å². The molecule has 1 heterocycles. The predicted molar refractivity (Wildman–Crippen MR) is 141 cm³/mol. The smallest absolute Gasteiger partial charge is 0.197 e. The largest absolute Gasteiger partial charge is 0.494 e. The minimum atomic E-state index is -0.0607. The Hall–Kier alpha value is -2.59. The highest BCUT2D eigenvalue weighted by atomic mass is 16.5. The van der Waals surface area contributed by atoms with Crippen LogP contribution in [-0.2, 0) is 6.42 Å². The minimum Gasteiger partial charge on any atom is -0.494 e. The van der Waals surface area contributed by atoms with Gasteiger partial charge in [0.25, 0.3) is 0 Å². The normalized spacial score (nSPS) is 11.8. The average molecular weight is 465 g/mol. The summed E-state index contributed by atoms with van der Waals surface area (Å²) in [7, 11) is 0. The summed E-state index contributed by atoms with van der Waals surface area (Å²) in [6, 6.07) is 13.0. The Morgan fingerprint density at radius 2 is 1.59 bits per heavy atom. The summed E-state index contributed by atoms with van der Waals surface area (Å²) >= 11 is 0. The first-order valence-corrected chi connectivity index (χ1v) is 13.1. The van der Waals surface area contributed by atoms with Gasteiger partial charge in [-0.25, -0.2) is 0 Å². The predicted octanol–water partition coefficient (Wildman–Crippen LogP) is 7.68. The standard InChI is InChI=1S/C30H41NO3/c1-4-7-14-28-29(26-13-10-11-15-27(26)34-28)30(32)24-16-18-25(19-17-24)33-23-12-22-31(20-8-5-2)21-9-6-3/h10-11,13,15-19H,4-9,12,14,20-23H2,1-3H3/i10D. The second-order valence-electron chi connectivity index (χ2n) is 9.03. The van der Waals surface area contributed by atoms with Crippen molar-refractivity contribution in [2.75, 3.05) is 26.2 Å². The zero-order chi connectivity index (χ0) is 25.0. The Kier molecular flexibility index (Phi) is 10.1. The number of ketones is 1. The zero-order valence-corrected chi connectivity index (χ0v) is 21.2. The first-order chi connectivity index (χ1) is 17.1. The lowest BCUT2D eigenvalue weighted by Gasteiger charge is -2.21. The molecule has 0 atom stereocenters. The first-order valence-electron chi connectivity index (χ1n) is 13.6. The fourth-order valence-corrected chi connectivity index (χ4v) is 4.22. The van der Waals surface area contributed by atoms with Crippen molar-refractivity contribution in [3.8, 4) is 5.75 Å². The summed E-state index contributed by atoms with van der Waals surface area (Å²) in [4.78, 5) is 16.0. The van der Waals surface area contributed by atoms with Crippen LogP contribution >= 0.6 is 0 Å². The lowest BCUT2D eigenvalue weighted by Crippen LogP contribution is -2.28. The van der Waals surface area contributed by atoms with Gasteiger partial charge in [0.15, 0.2) is 5.78 Å². The lowest BCUT2D eigenvalue weighted by molar-refractivity contribution is 0.103. The van der Waals surface area contributed by atoms with Crippen LogP contribution < -0.4 is 4.74 Å². The second-order valence-corrected chi connectivity index (χ2v) is 9.03. The molecule has 34 heavy (non-hydrogen) atoms. The number of ether oxygens (including phenoxy) is 1. The van der Waals surface area contributed by atoms with Crippen LogP contribution in [0.1, 0.15) is 88.8 Å². The van der Waals surface area contributed by atoms with Gasteiger partial charge in [0.2, 0.25) is 0 Å². The lowest BCUT2D eigenvalue weighted by atomic mass is 9.98. The third-order valence-corrected chi connectivity index (χ3v) is 6.25. The molecule has 0 N–H and O–H groups in total. The molecule has 0 radical (unpaired) electrons. The molecule has 184 valence electrons. The number of aryl methyl sites for hydroxylation is 1. The second kappa shape index (κ2) is 14.0. The van der Waals surface area contributed by atoms with E-state index in [-0.39, 0.29) is 5.78 Å². The number of rotatable bonds is 16. The van der Waals surface area contributed by atoms with Crippen molar-refractivity contribution in [3.05, 3.63) is 65.4 Å². The molecule has 0 saturated carbocycles. The molecule has 0 bridgehead atoms. The highest BCUT2D eigenvalue weighted by Crippen LogP contribution is 2.29. The Morgan fingerprint density at radius 1 is 0.912 bits per heavy atom. The number of carbonyl (C=O) groups is 1. The molecular formula is C30H41NO3. The molecule has 3 aromatic rings. The van der Waals surface area contributed by atoms with E-state index in [1.807, 2.05) is 24.3 Å². The summed E-state index contributed by atoms with van der Waals surface area (Å²) in [5.74, 6) is 1.44. The molecule has 4 heteroatoms. The highest BCUT2D eigenvalue weighted by molar-refractivity contribution is 6.16. The molecule has 0 aliphatic heterocycles. The summed E-state index contributed by atoms with van der Waals surface area (Å²) in [5, 5.41) is 0.727. The SMILES string of the molecule is [2H]c1ccc2oc(CCCC)c(C(=O)c3ccc(OCCCN(CCCC)CCCC)cc3)c2c1. The number of nitrogens with zero attached hydrogens (tertiary/aromatic N) is 1. The van der Waals surface area contributed by atoms with Crippen molar-refractivity contribution < 1.29 is 15.3 Å². The van der Waals surface area contributed by atoms with Gasteiger partial charge < -0.3 is 14.1 Å². The van der Waals surface area contributed by atoms with Crippen LogP contribution in [0.25, 0.3) is 11.0 Å². The van der Waals surface area contributed by atoms with Gasteiger partial charge in [0.05, 0.1) is 13.5 Å². The Balaban J connectivity index is 1.63. The number of benzene rings is 2. The van der Waals surface area contributed by atoms with Gasteiger partial charge in [-0.2, -0.15) is 0 Å². The maximum atomic E-state index is 13.5. The van der Waals surface area contributed by atoms with Gasteiger partial charge in [0.1, 0.15) is 17.1 Å². The number of hydrogen-bond donors (Lipinski definition) is 0. The van der Waals surface area contributed by atoms with Crippen molar-refractivity contribution in [3.63, 3.8) is 0 Å². The molecule has 0 aliphatic rings. The average Bonchev–Trinajstić information content (AvgIpc) is 3.23. The van der Waals surface area contributed by atoms with Crippen molar-refractivity contribution in [1.82, 2.24) is 4.90 Å². The number of hydrogen-bond acceptors (Lipinski definition) is 4. The van der Waals surface area contributed by atoms with E-state index < -0.39 is 0 Å². The van der Waals surface area contributed by atoms with E-state index in [1.54, 1.807) is 18.2 Å². The topological polar surface area (TPSA) is 42.7 Å². The molecule has 0 saturated heterocycles. The Labute approximate surface area is 206 Å². The molecule has 0 spiro atoms. The molecule has 0 fully saturated rings. The monoisotopic (exact) mass is 464 g/mol. The molecule has 1 aromatic heterocycles. The molecule has 3 rings (SSSR count). The number of furan rings is 1. The maximum absolute atomic E-state index is 13.5. The minimum absolute atomic E-state index is 0.0607.